The van der Waals surface area contributed by atoms with Gasteiger partial charge >= 0.3 is 11.9 Å². The van der Waals surface area contributed by atoms with Gasteiger partial charge in [0, 0.05) is 18.5 Å². The lowest BCUT2D eigenvalue weighted by molar-refractivity contribution is -0.148. The topological polar surface area (TPSA) is 115 Å². The maximum absolute atomic E-state index is 12.1. The van der Waals surface area contributed by atoms with Crippen molar-refractivity contribution in [2.45, 2.75) is 18.9 Å². The van der Waals surface area contributed by atoms with E-state index < -0.39 is 23.9 Å². The SMILES string of the molecule is C=CC1=C(/C=C/O)C(=O)N(C(CCC(=O)O)C(=O)O)C1. The van der Waals surface area contributed by atoms with Crippen molar-refractivity contribution in [2.24, 2.45) is 0 Å². The third-order valence-corrected chi connectivity index (χ3v) is 2.96. The Morgan fingerprint density at radius 1 is 1.40 bits per heavy atom. The number of carbonyl (C=O) groups excluding carboxylic acids is 1. The molecule has 0 fully saturated rings. The van der Waals surface area contributed by atoms with Gasteiger partial charge in [-0.05, 0) is 18.1 Å². The minimum Gasteiger partial charge on any atom is -0.516 e. The second-order valence-electron chi connectivity index (χ2n) is 4.18. The molecule has 1 heterocycles. The van der Waals surface area contributed by atoms with Crippen LogP contribution in [0.25, 0.3) is 0 Å². The monoisotopic (exact) mass is 281 g/mol. The van der Waals surface area contributed by atoms with Crippen LogP contribution in [0, 0.1) is 0 Å². The van der Waals surface area contributed by atoms with Crippen molar-refractivity contribution in [2.75, 3.05) is 6.54 Å². The van der Waals surface area contributed by atoms with Crippen molar-refractivity contribution in [1.29, 1.82) is 0 Å². The second-order valence-corrected chi connectivity index (χ2v) is 4.18. The number of amides is 1. The average molecular weight is 281 g/mol. The number of carboxylic acid groups (broad SMARTS) is 2. The predicted octanol–water partition coefficient (Wildman–Crippen LogP) is 0.701. The molecule has 0 aromatic heterocycles. The van der Waals surface area contributed by atoms with Gasteiger partial charge in [-0.3, -0.25) is 9.59 Å². The average Bonchev–Trinajstić information content (AvgIpc) is 2.67. The minimum atomic E-state index is -1.27. The van der Waals surface area contributed by atoms with Crippen LogP contribution in [-0.4, -0.2) is 50.7 Å². The van der Waals surface area contributed by atoms with E-state index in [1.807, 2.05) is 0 Å². The summed E-state index contributed by atoms with van der Waals surface area (Å²) in [7, 11) is 0. The first kappa shape index (κ1) is 15.5. The van der Waals surface area contributed by atoms with Gasteiger partial charge in [0.2, 0.25) is 0 Å². The van der Waals surface area contributed by atoms with E-state index in [0.717, 1.165) is 11.0 Å². The smallest absolute Gasteiger partial charge is 0.326 e. The Morgan fingerprint density at radius 3 is 2.50 bits per heavy atom. The van der Waals surface area contributed by atoms with Gasteiger partial charge in [0.1, 0.15) is 6.04 Å². The summed E-state index contributed by atoms with van der Waals surface area (Å²) in [4.78, 5) is 34.9. The van der Waals surface area contributed by atoms with Crippen molar-refractivity contribution >= 4 is 17.8 Å². The first-order valence-corrected chi connectivity index (χ1v) is 5.84. The van der Waals surface area contributed by atoms with E-state index in [-0.39, 0.29) is 25.0 Å². The van der Waals surface area contributed by atoms with Gasteiger partial charge in [-0.2, -0.15) is 0 Å². The maximum atomic E-state index is 12.1. The Balaban J connectivity index is 2.96. The Bertz CT molecular complexity index is 505. The first-order valence-electron chi connectivity index (χ1n) is 5.84. The third-order valence-electron chi connectivity index (χ3n) is 2.96. The van der Waals surface area contributed by atoms with Crippen LogP contribution in [0.2, 0.25) is 0 Å². The maximum Gasteiger partial charge on any atom is 0.326 e. The molecule has 0 saturated carbocycles. The zero-order valence-corrected chi connectivity index (χ0v) is 10.7. The fourth-order valence-electron chi connectivity index (χ4n) is 1.98. The van der Waals surface area contributed by atoms with E-state index in [9.17, 15) is 14.4 Å². The van der Waals surface area contributed by atoms with Crippen LogP contribution >= 0.6 is 0 Å². The van der Waals surface area contributed by atoms with Gasteiger partial charge < -0.3 is 20.2 Å². The van der Waals surface area contributed by atoms with Crippen molar-refractivity contribution in [3.8, 4) is 0 Å². The van der Waals surface area contributed by atoms with Crippen LogP contribution < -0.4 is 0 Å². The molecule has 1 atom stereocenters. The van der Waals surface area contributed by atoms with E-state index in [4.69, 9.17) is 15.3 Å². The zero-order chi connectivity index (χ0) is 15.3. The van der Waals surface area contributed by atoms with Crippen molar-refractivity contribution in [1.82, 2.24) is 4.90 Å². The number of carbonyl (C=O) groups is 3. The normalized spacial score (nSPS) is 16.8. The lowest BCUT2D eigenvalue weighted by Crippen LogP contribution is -2.43. The highest BCUT2D eigenvalue weighted by molar-refractivity contribution is 6.02. The van der Waals surface area contributed by atoms with E-state index in [0.29, 0.717) is 11.8 Å². The summed E-state index contributed by atoms with van der Waals surface area (Å²) >= 11 is 0. The molecule has 0 aromatic carbocycles. The van der Waals surface area contributed by atoms with Crippen molar-refractivity contribution < 1.29 is 29.7 Å². The molecular weight excluding hydrogens is 266 g/mol. The number of hydrogen-bond donors (Lipinski definition) is 3. The molecule has 1 amide bonds. The Hall–Kier alpha value is -2.57. The predicted molar refractivity (Wildman–Crippen MR) is 69.0 cm³/mol. The summed E-state index contributed by atoms with van der Waals surface area (Å²) in [6, 6.07) is -1.22. The summed E-state index contributed by atoms with van der Waals surface area (Å²) in [6.07, 6.45) is 2.72. The van der Waals surface area contributed by atoms with Gasteiger partial charge in [-0.15, -0.1) is 0 Å². The Kier molecular flexibility index (Phi) is 5.08. The molecule has 1 unspecified atom stereocenters. The molecular formula is C13H15NO6. The molecule has 1 aliphatic rings. The lowest BCUT2D eigenvalue weighted by atomic mass is 10.1. The highest BCUT2D eigenvalue weighted by atomic mass is 16.4. The number of aliphatic carboxylic acids is 2. The van der Waals surface area contributed by atoms with Gasteiger partial charge in [0.15, 0.2) is 0 Å². The van der Waals surface area contributed by atoms with Gasteiger partial charge in [-0.25, -0.2) is 4.79 Å². The van der Waals surface area contributed by atoms with Crippen molar-refractivity contribution in [3.05, 3.63) is 36.1 Å². The van der Waals surface area contributed by atoms with Crippen LogP contribution in [-0.2, 0) is 14.4 Å². The second kappa shape index (κ2) is 6.55. The molecule has 0 aliphatic carbocycles. The summed E-state index contributed by atoms with van der Waals surface area (Å²) < 4.78 is 0. The molecule has 0 radical (unpaired) electrons. The van der Waals surface area contributed by atoms with E-state index in [1.54, 1.807) is 0 Å². The number of carboxylic acids is 2. The number of nitrogens with zero attached hydrogens (tertiary/aromatic N) is 1. The van der Waals surface area contributed by atoms with Crippen LogP contribution in [0.4, 0.5) is 0 Å². The molecule has 0 spiro atoms. The highest BCUT2D eigenvalue weighted by Gasteiger charge is 2.36. The number of aliphatic hydroxyl groups is 1. The summed E-state index contributed by atoms with van der Waals surface area (Å²) in [5, 5.41) is 26.5. The molecule has 1 aliphatic heterocycles. The molecule has 108 valence electrons. The number of rotatable bonds is 7. The van der Waals surface area contributed by atoms with Crippen molar-refractivity contribution in [3.63, 3.8) is 0 Å². The molecule has 20 heavy (non-hydrogen) atoms. The first-order chi connectivity index (χ1) is 9.42. The van der Waals surface area contributed by atoms with Crippen LogP contribution in [0.1, 0.15) is 12.8 Å². The van der Waals surface area contributed by atoms with Gasteiger partial charge in [-0.1, -0.05) is 12.7 Å². The Labute approximate surface area is 115 Å². The molecule has 3 N–H and O–H groups in total. The van der Waals surface area contributed by atoms with E-state index in [2.05, 4.69) is 6.58 Å². The standard InChI is InChI=1S/C13H15NO6/c1-2-8-7-14(12(18)9(8)5-6-15)10(13(19)20)3-4-11(16)17/h2,5-6,10,15H,1,3-4,7H2,(H,16,17)(H,19,20)/b6-5+. The molecule has 0 saturated heterocycles. The van der Waals surface area contributed by atoms with Gasteiger partial charge in [0.05, 0.1) is 6.26 Å². The van der Waals surface area contributed by atoms with Gasteiger partial charge in [0.25, 0.3) is 5.91 Å². The summed E-state index contributed by atoms with van der Waals surface area (Å²) in [5.41, 5.74) is 0.644. The van der Waals surface area contributed by atoms with Crippen LogP contribution in [0.15, 0.2) is 36.1 Å². The largest absolute Gasteiger partial charge is 0.516 e. The molecule has 0 aromatic rings. The molecule has 1 rings (SSSR count). The lowest BCUT2D eigenvalue weighted by Gasteiger charge is -2.24. The summed E-state index contributed by atoms with van der Waals surface area (Å²) in [6.45, 7) is 3.56. The quantitative estimate of drug-likeness (QED) is 0.592. The summed E-state index contributed by atoms with van der Waals surface area (Å²) in [5.74, 6) is -2.96. The fourth-order valence-corrected chi connectivity index (χ4v) is 1.98. The Morgan fingerprint density at radius 2 is 2.05 bits per heavy atom. The van der Waals surface area contributed by atoms with E-state index in [1.165, 1.54) is 6.08 Å². The number of hydrogen-bond acceptors (Lipinski definition) is 4. The molecule has 0 bridgehead atoms. The van der Waals surface area contributed by atoms with Crippen LogP contribution in [0.3, 0.4) is 0 Å². The highest BCUT2D eigenvalue weighted by Crippen LogP contribution is 2.24. The zero-order valence-electron chi connectivity index (χ0n) is 10.7. The van der Waals surface area contributed by atoms with E-state index >= 15 is 0 Å². The molecule has 7 heteroatoms. The fraction of sp³-hybridized carbons (Fsp3) is 0.308. The molecule has 7 nitrogen and oxygen atoms in total. The van der Waals surface area contributed by atoms with Crippen LogP contribution in [0.5, 0.6) is 0 Å². The minimum absolute atomic E-state index is 0.0264. The number of aliphatic hydroxyl groups excluding tert-OH is 1. The third kappa shape index (κ3) is 3.25.